The average Bonchev–Trinajstić information content (AvgIpc) is 3.23. The van der Waals surface area contributed by atoms with Gasteiger partial charge in [0.1, 0.15) is 22.8 Å². The van der Waals surface area contributed by atoms with Gasteiger partial charge in [-0.2, -0.15) is 0 Å². The minimum Gasteiger partial charge on any atom is -0.369 e. The molecule has 0 bridgehead atoms. The first kappa shape index (κ1) is 15.7. The first-order valence-electron chi connectivity index (χ1n) is 9.07. The number of hydrogen-bond acceptors (Lipinski definition) is 6. The molecule has 5 rings (SSSR count). The van der Waals surface area contributed by atoms with E-state index in [1.54, 1.807) is 6.33 Å². The number of nitrogens with one attached hydrogen (secondary N) is 1. The van der Waals surface area contributed by atoms with Crippen molar-refractivity contribution >= 4 is 33.0 Å². The number of aryl methyl sites for hydroxylation is 1. The van der Waals surface area contributed by atoms with Crippen molar-refractivity contribution < 1.29 is 0 Å². The maximum Gasteiger partial charge on any atom is 0.160 e. The number of aromatic nitrogens is 5. The zero-order valence-electron chi connectivity index (χ0n) is 14.6. The molecule has 4 heterocycles. The normalized spacial score (nSPS) is 16.9. The summed E-state index contributed by atoms with van der Waals surface area (Å²) in [5.74, 6) is 2.68. The average molecular weight is 364 g/mol. The maximum atomic E-state index is 4.53. The number of rotatable bonds is 4. The second kappa shape index (κ2) is 6.32. The van der Waals surface area contributed by atoms with Crippen LogP contribution in [0.2, 0.25) is 0 Å². The number of thiophene rings is 1. The summed E-state index contributed by atoms with van der Waals surface area (Å²) in [6.45, 7) is 3.10. The monoisotopic (exact) mass is 364 g/mol. The quantitative estimate of drug-likeness (QED) is 0.600. The van der Waals surface area contributed by atoms with Crippen LogP contribution in [0.5, 0.6) is 0 Å². The van der Waals surface area contributed by atoms with Crippen molar-refractivity contribution in [3.05, 3.63) is 47.0 Å². The van der Waals surface area contributed by atoms with E-state index in [0.717, 1.165) is 47.4 Å². The van der Waals surface area contributed by atoms with E-state index in [1.807, 2.05) is 40.1 Å². The molecule has 1 aliphatic rings. The van der Waals surface area contributed by atoms with Gasteiger partial charge in [0.05, 0.1) is 5.39 Å². The van der Waals surface area contributed by atoms with Gasteiger partial charge in [0.25, 0.3) is 0 Å². The molecule has 1 atom stereocenters. The maximum absolute atomic E-state index is 4.53. The highest BCUT2D eigenvalue weighted by atomic mass is 32.1. The first-order chi connectivity index (χ1) is 12.8. The molecule has 1 N–H and O–H groups in total. The standard InChI is InChI=1S/C19H20N6S/c1-12-5-6-13-14(10-12)26-19-17(13)18(21-11-22-19)20-8-7-16-24-23-15-4-2-3-9-25(15)16/h2-4,9,11-12H,5-8,10H2,1H3,(H,20,21,22)/t12-/m0/s1. The number of nitrogens with zero attached hydrogens (tertiary/aromatic N) is 5. The molecule has 0 radical (unpaired) electrons. The van der Waals surface area contributed by atoms with Gasteiger partial charge in [-0.3, -0.25) is 4.40 Å². The molecule has 1 aliphatic carbocycles. The second-order valence-electron chi connectivity index (χ2n) is 6.98. The minimum absolute atomic E-state index is 0.765. The van der Waals surface area contributed by atoms with Crippen molar-refractivity contribution in [2.24, 2.45) is 5.92 Å². The summed E-state index contributed by atoms with van der Waals surface area (Å²) < 4.78 is 2.03. The summed E-state index contributed by atoms with van der Waals surface area (Å²) in [4.78, 5) is 11.6. The molecule has 4 aromatic rings. The first-order valence-corrected chi connectivity index (χ1v) is 9.89. The smallest absolute Gasteiger partial charge is 0.160 e. The number of pyridine rings is 1. The van der Waals surface area contributed by atoms with E-state index in [-0.39, 0.29) is 0 Å². The number of fused-ring (bicyclic) bond motifs is 4. The van der Waals surface area contributed by atoms with Gasteiger partial charge in [0, 0.05) is 24.0 Å². The van der Waals surface area contributed by atoms with E-state index in [4.69, 9.17) is 0 Å². The molecule has 0 saturated heterocycles. The van der Waals surface area contributed by atoms with Crippen LogP contribution in [0.25, 0.3) is 15.9 Å². The molecule has 0 aliphatic heterocycles. The third-order valence-corrected chi connectivity index (χ3v) is 6.28. The molecule has 0 spiro atoms. The lowest BCUT2D eigenvalue weighted by atomic mass is 9.89. The predicted octanol–water partition coefficient (Wildman–Crippen LogP) is 3.51. The highest BCUT2D eigenvalue weighted by Gasteiger charge is 2.22. The second-order valence-corrected chi connectivity index (χ2v) is 8.06. The van der Waals surface area contributed by atoms with Gasteiger partial charge in [0.15, 0.2) is 5.65 Å². The van der Waals surface area contributed by atoms with Crippen LogP contribution in [0.1, 0.15) is 29.6 Å². The molecule has 26 heavy (non-hydrogen) atoms. The Hall–Kier alpha value is -2.54. The Bertz CT molecular complexity index is 1080. The van der Waals surface area contributed by atoms with Gasteiger partial charge in [0.2, 0.25) is 0 Å². The molecular weight excluding hydrogens is 344 g/mol. The molecule has 4 aromatic heterocycles. The predicted molar refractivity (Wildman–Crippen MR) is 104 cm³/mol. The third kappa shape index (κ3) is 2.63. The van der Waals surface area contributed by atoms with Gasteiger partial charge >= 0.3 is 0 Å². The summed E-state index contributed by atoms with van der Waals surface area (Å²) >= 11 is 1.83. The Morgan fingerprint density at radius 3 is 3.19 bits per heavy atom. The van der Waals surface area contributed by atoms with Crippen LogP contribution in [-0.4, -0.2) is 31.1 Å². The van der Waals surface area contributed by atoms with Crippen molar-refractivity contribution in [2.45, 2.75) is 32.6 Å². The van der Waals surface area contributed by atoms with Crippen molar-refractivity contribution in [1.29, 1.82) is 0 Å². The van der Waals surface area contributed by atoms with Gasteiger partial charge in [-0.1, -0.05) is 13.0 Å². The molecule has 0 aromatic carbocycles. The number of hydrogen-bond donors (Lipinski definition) is 1. The van der Waals surface area contributed by atoms with E-state index in [9.17, 15) is 0 Å². The zero-order chi connectivity index (χ0) is 17.5. The van der Waals surface area contributed by atoms with Crippen molar-refractivity contribution in [3.63, 3.8) is 0 Å². The SMILES string of the molecule is C[C@H]1CCc2c(sc3ncnc(NCCc4nnc5ccccn45)c23)C1. The summed E-state index contributed by atoms with van der Waals surface area (Å²) in [6, 6.07) is 5.95. The molecule has 0 amide bonds. The fraction of sp³-hybridized carbons (Fsp3) is 0.368. The van der Waals surface area contributed by atoms with Gasteiger partial charge < -0.3 is 5.32 Å². The van der Waals surface area contributed by atoms with Crippen LogP contribution >= 0.6 is 11.3 Å². The fourth-order valence-electron chi connectivity index (χ4n) is 3.76. The van der Waals surface area contributed by atoms with E-state index < -0.39 is 0 Å². The highest BCUT2D eigenvalue weighted by molar-refractivity contribution is 7.19. The topological polar surface area (TPSA) is 68.0 Å². The Balaban J connectivity index is 1.40. The Morgan fingerprint density at radius 2 is 2.23 bits per heavy atom. The van der Waals surface area contributed by atoms with Crippen LogP contribution in [0.3, 0.4) is 0 Å². The minimum atomic E-state index is 0.765. The van der Waals surface area contributed by atoms with Gasteiger partial charge in [-0.15, -0.1) is 21.5 Å². The summed E-state index contributed by atoms with van der Waals surface area (Å²) in [5.41, 5.74) is 2.34. The molecule has 0 fully saturated rings. The lowest BCUT2D eigenvalue weighted by Crippen LogP contribution is -2.11. The van der Waals surface area contributed by atoms with Crippen LogP contribution in [0, 0.1) is 5.92 Å². The molecular formula is C19H20N6S. The summed E-state index contributed by atoms with van der Waals surface area (Å²) in [7, 11) is 0. The van der Waals surface area contributed by atoms with E-state index in [1.165, 1.54) is 28.7 Å². The lowest BCUT2D eigenvalue weighted by Gasteiger charge is -2.18. The van der Waals surface area contributed by atoms with Crippen LogP contribution in [0.15, 0.2) is 30.7 Å². The zero-order valence-corrected chi connectivity index (χ0v) is 15.5. The van der Waals surface area contributed by atoms with E-state index >= 15 is 0 Å². The van der Waals surface area contributed by atoms with E-state index in [2.05, 4.69) is 32.4 Å². The van der Waals surface area contributed by atoms with Crippen LogP contribution in [-0.2, 0) is 19.3 Å². The highest BCUT2D eigenvalue weighted by Crippen LogP contribution is 2.39. The molecule has 6 nitrogen and oxygen atoms in total. The molecule has 132 valence electrons. The van der Waals surface area contributed by atoms with Gasteiger partial charge in [-0.25, -0.2) is 9.97 Å². The lowest BCUT2D eigenvalue weighted by molar-refractivity contribution is 0.509. The van der Waals surface area contributed by atoms with Crippen LogP contribution in [0.4, 0.5) is 5.82 Å². The number of anilines is 1. The van der Waals surface area contributed by atoms with Crippen molar-refractivity contribution in [3.8, 4) is 0 Å². The molecule has 7 heteroatoms. The molecule has 0 unspecified atom stereocenters. The van der Waals surface area contributed by atoms with Gasteiger partial charge in [-0.05, 0) is 42.9 Å². The van der Waals surface area contributed by atoms with Crippen molar-refractivity contribution in [2.75, 3.05) is 11.9 Å². The van der Waals surface area contributed by atoms with E-state index in [0.29, 0.717) is 0 Å². The summed E-state index contributed by atoms with van der Waals surface area (Å²) in [5, 5.41) is 13.3. The Labute approximate surface area is 155 Å². The summed E-state index contributed by atoms with van der Waals surface area (Å²) in [6.07, 6.45) is 8.01. The fourth-order valence-corrected chi connectivity index (χ4v) is 5.11. The third-order valence-electron chi connectivity index (χ3n) is 5.12. The molecule has 0 saturated carbocycles. The largest absolute Gasteiger partial charge is 0.369 e. The Morgan fingerprint density at radius 1 is 1.27 bits per heavy atom. The van der Waals surface area contributed by atoms with Crippen LogP contribution < -0.4 is 5.32 Å². The Kier molecular flexibility index (Phi) is 3.81. The van der Waals surface area contributed by atoms with Crippen molar-refractivity contribution in [1.82, 2.24) is 24.6 Å².